The highest BCUT2D eigenvalue weighted by molar-refractivity contribution is 4.86. The van der Waals surface area contributed by atoms with Gasteiger partial charge in [-0.1, -0.05) is 40.0 Å². The standard InChI is InChI=1S/C14H29N/c1-5-12(3)13(4)15-11-14(6-2)9-7-8-10-14/h12-13,15H,5-11H2,1-4H3. The zero-order valence-electron chi connectivity index (χ0n) is 11.1. The fraction of sp³-hybridized carbons (Fsp3) is 1.00. The van der Waals surface area contributed by atoms with Crippen molar-refractivity contribution >= 4 is 0 Å². The average Bonchev–Trinajstić information content (AvgIpc) is 2.74. The van der Waals surface area contributed by atoms with Crippen LogP contribution in [0, 0.1) is 11.3 Å². The summed E-state index contributed by atoms with van der Waals surface area (Å²) in [6, 6.07) is 0.680. The molecule has 0 bridgehead atoms. The molecule has 0 aliphatic heterocycles. The van der Waals surface area contributed by atoms with Crippen LogP contribution < -0.4 is 5.32 Å². The van der Waals surface area contributed by atoms with Crippen LogP contribution in [-0.4, -0.2) is 12.6 Å². The van der Waals surface area contributed by atoms with Gasteiger partial charge in [0.15, 0.2) is 0 Å². The summed E-state index contributed by atoms with van der Waals surface area (Å²) in [6.45, 7) is 10.6. The second-order valence-electron chi connectivity index (χ2n) is 5.62. The highest BCUT2D eigenvalue weighted by Crippen LogP contribution is 2.40. The third-order valence-electron chi connectivity index (χ3n) is 4.71. The number of hydrogen-bond acceptors (Lipinski definition) is 1. The van der Waals surface area contributed by atoms with Gasteiger partial charge < -0.3 is 5.32 Å². The van der Waals surface area contributed by atoms with Gasteiger partial charge in [-0.15, -0.1) is 0 Å². The molecule has 1 N–H and O–H groups in total. The monoisotopic (exact) mass is 211 g/mol. The fourth-order valence-electron chi connectivity index (χ4n) is 2.71. The van der Waals surface area contributed by atoms with Crippen LogP contribution in [0.15, 0.2) is 0 Å². The van der Waals surface area contributed by atoms with Gasteiger partial charge in [0.1, 0.15) is 0 Å². The molecule has 90 valence electrons. The Balaban J connectivity index is 2.34. The van der Waals surface area contributed by atoms with E-state index >= 15 is 0 Å². The van der Waals surface area contributed by atoms with Crippen LogP contribution in [-0.2, 0) is 0 Å². The van der Waals surface area contributed by atoms with E-state index in [2.05, 4.69) is 33.0 Å². The SMILES string of the molecule is CCC(C)C(C)NCC1(CC)CCCC1. The lowest BCUT2D eigenvalue weighted by Gasteiger charge is -2.31. The molecule has 0 aromatic heterocycles. The molecule has 1 rings (SSSR count). The highest BCUT2D eigenvalue weighted by Gasteiger charge is 2.32. The molecule has 1 heteroatoms. The van der Waals surface area contributed by atoms with Crippen LogP contribution in [0.25, 0.3) is 0 Å². The number of rotatable bonds is 6. The van der Waals surface area contributed by atoms with E-state index in [0.717, 1.165) is 5.92 Å². The molecule has 0 heterocycles. The molecule has 1 aliphatic carbocycles. The van der Waals surface area contributed by atoms with E-state index in [4.69, 9.17) is 0 Å². The lowest BCUT2D eigenvalue weighted by atomic mass is 9.83. The van der Waals surface area contributed by atoms with Gasteiger partial charge in [-0.3, -0.25) is 0 Å². The Kier molecular flexibility index (Phi) is 5.11. The van der Waals surface area contributed by atoms with Crippen LogP contribution in [0.4, 0.5) is 0 Å². The van der Waals surface area contributed by atoms with E-state index in [1.807, 2.05) is 0 Å². The van der Waals surface area contributed by atoms with Crippen LogP contribution in [0.5, 0.6) is 0 Å². The fourth-order valence-corrected chi connectivity index (χ4v) is 2.71. The van der Waals surface area contributed by atoms with E-state index in [1.165, 1.54) is 45.1 Å². The maximum atomic E-state index is 3.77. The van der Waals surface area contributed by atoms with Gasteiger partial charge >= 0.3 is 0 Å². The largest absolute Gasteiger partial charge is 0.313 e. The summed E-state index contributed by atoms with van der Waals surface area (Å²) >= 11 is 0. The first-order valence-corrected chi connectivity index (χ1v) is 6.87. The smallest absolute Gasteiger partial charge is 0.00644 e. The first-order chi connectivity index (χ1) is 7.13. The van der Waals surface area contributed by atoms with Crippen molar-refractivity contribution in [2.45, 2.75) is 72.3 Å². The lowest BCUT2D eigenvalue weighted by Crippen LogP contribution is -2.39. The Morgan fingerprint density at radius 3 is 2.20 bits per heavy atom. The third-order valence-corrected chi connectivity index (χ3v) is 4.71. The van der Waals surface area contributed by atoms with Gasteiger partial charge in [0.2, 0.25) is 0 Å². The average molecular weight is 211 g/mol. The molecule has 0 aromatic rings. The Labute approximate surface area is 96.0 Å². The quantitative estimate of drug-likeness (QED) is 0.700. The van der Waals surface area contributed by atoms with Crippen LogP contribution in [0.3, 0.4) is 0 Å². The van der Waals surface area contributed by atoms with Crippen molar-refractivity contribution in [1.82, 2.24) is 5.32 Å². The predicted molar refractivity (Wildman–Crippen MR) is 68.1 cm³/mol. The molecule has 0 amide bonds. The summed E-state index contributed by atoms with van der Waals surface area (Å²) in [5.41, 5.74) is 0.641. The maximum absolute atomic E-state index is 3.77. The van der Waals surface area contributed by atoms with Crippen molar-refractivity contribution in [1.29, 1.82) is 0 Å². The second kappa shape index (κ2) is 5.89. The van der Waals surface area contributed by atoms with Gasteiger partial charge in [0.05, 0.1) is 0 Å². The van der Waals surface area contributed by atoms with Gasteiger partial charge in [-0.2, -0.15) is 0 Å². The van der Waals surface area contributed by atoms with Crippen LogP contribution in [0.1, 0.15) is 66.2 Å². The molecule has 2 unspecified atom stereocenters. The molecule has 1 saturated carbocycles. The van der Waals surface area contributed by atoms with Crippen molar-refractivity contribution in [2.24, 2.45) is 11.3 Å². The normalized spacial score (nSPS) is 24.0. The first-order valence-electron chi connectivity index (χ1n) is 6.87. The molecule has 15 heavy (non-hydrogen) atoms. The minimum Gasteiger partial charge on any atom is -0.313 e. The molecular formula is C14H29N. The van der Waals surface area contributed by atoms with Crippen molar-refractivity contribution in [3.63, 3.8) is 0 Å². The van der Waals surface area contributed by atoms with E-state index in [-0.39, 0.29) is 0 Å². The van der Waals surface area contributed by atoms with E-state index < -0.39 is 0 Å². The van der Waals surface area contributed by atoms with Crippen LogP contribution >= 0.6 is 0 Å². The summed E-state index contributed by atoms with van der Waals surface area (Å²) in [5, 5.41) is 3.77. The molecule has 0 saturated heterocycles. The minimum atomic E-state index is 0.641. The Morgan fingerprint density at radius 2 is 1.73 bits per heavy atom. The summed E-state index contributed by atoms with van der Waals surface area (Å²) in [4.78, 5) is 0. The topological polar surface area (TPSA) is 12.0 Å². The van der Waals surface area contributed by atoms with Crippen molar-refractivity contribution in [3.8, 4) is 0 Å². The Bertz CT molecular complexity index is 170. The summed E-state index contributed by atoms with van der Waals surface area (Å²) in [7, 11) is 0. The molecule has 2 atom stereocenters. The highest BCUT2D eigenvalue weighted by atomic mass is 14.9. The number of hydrogen-bond donors (Lipinski definition) is 1. The van der Waals surface area contributed by atoms with E-state index in [1.54, 1.807) is 0 Å². The number of nitrogens with one attached hydrogen (secondary N) is 1. The summed E-state index contributed by atoms with van der Waals surface area (Å²) < 4.78 is 0. The van der Waals surface area contributed by atoms with Crippen molar-refractivity contribution < 1.29 is 0 Å². The minimum absolute atomic E-state index is 0.641. The zero-order chi connectivity index (χ0) is 11.3. The molecule has 1 nitrogen and oxygen atoms in total. The predicted octanol–water partition coefficient (Wildman–Crippen LogP) is 3.98. The van der Waals surface area contributed by atoms with E-state index in [9.17, 15) is 0 Å². The Morgan fingerprint density at radius 1 is 1.13 bits per heavy atom. The van der Waals surface area contributed by atoms with Crippen LogP contribution in [0.2, 0.25) is 0 Å². The second-order valence-corrected chi connectivity index (χ2v) is 5.62. The van der Waals surface area contributed by atoms with E-state index in [0.29, 0.717) is 11.5 Å². The molecule has 0 radical (unpaired) electrons. The third kappa shape index (κ3) is 3.48. The van der Waals surface area contributed by atoms with Gasteiger partial charge in [-0.25, -0.2) is 0 Å². The summed E-state index contributed by atoms with van der Waals surface area (Å²) in [6.07, 6.45) is 8.44. The molecular weight excluding hydrogens is 182 g/mol. The molecule has 1 aliphatic rings. The van der Waals surface area contributed by atoms with Crippen molar-refractivity contribution in [3.05, 3.63) is 0 Å². The van der Waals surface area contributed by atoms with Gasteiger partial charge in [0, 0.05) is 12.6 Å². The summed E-state index contributed by atoms with van der Waals surface area (Å²) in [5.74, 6) is 0.806. The van der Waals surface area contributed by atoms with Crippen molar-refractivity contribution in [2.75, 3.05) is 6.54 Å². The molecule has 0 spiro atoms. The first kappa shape index (κ1) is 13.0. The molecule has 1 fully saturated rings. The van der Waals surface area contributed by atoms with Gasteiger partial charge in [-0.05, 0) is 37.5 Å². The lowest BCUT2D eigenvalue weighted by molar-refractivity contribution is 0.242. The Hall–Kier alpha value is -0.0400. The zero-order valence-corrected chi connectivity index (χ0v) is 11.1. The molecule has 0 aromatic carbocycles. The maximum Gasteiger partial charge on any atom is 0.00644 e. The van der Waals surface area contributed by atoms with Gasteiger partial charge in [0.25, 0.3) is 0 Å².